The van der Waals surface area contributed by atoms with Crippen LogP contribution >= 0.6 is 27.3 Å². The first-order valence-electron chi connectivity index (χ1n) is 6.52. The Hall–Kier alpha value is -2.18. The van der Waals surface area contributed by atoms with E-state index in [1.54, 1.807) is 12.1 Å². The number of hydrogen-bond acceptors (Lipinski definition) is 5. The number of carbonyl (C=O) groups excluding carboxylic acids is 1. The average molecular weight is 374 g/mol. The summed E-state index contributed by atoms with van der Waals surface area (Å²) in [4.78, 5) is 17.2. The van der Waals surface area contributed by atoms with E-state index in [-0.39, 0.29) is 11.6 Å². The minimum atomic E-state index is -0.127. The Balaban J connectivity index is 1.88. The molecule has 110 valence electrons. The van der Waals surface area contributed by atoms with Gasteiger partial charge >= 0.3 is 0 Å². The normalized spacial score (nSPS) is 10.4. The van der Waals surface area contributed by atoms with E-state index < -0.39 is 0 Å². The third-order valence-electron chi connectivity index (χ3n) is 2.97. The van der Waals surface area contributed by atoms with Crippen LogP contribution in [0.5, 0.6) is 0 Å². The highest BCUT2D eigenvalue weighted by Gasteiger charge is 2.18. The predicted molar refractivity (Wildman–Crippen MR) is 93.8 cm³/mol. The largest absolute Gasteiger partial charge is 0.382 e. The van der Waals surface area contributed by atoms with Crippen molar-refractivity contribution in [2.45, 2.75) is 0 Å². The molecule has 0 aliphatic rings. The van der Waals surface area contributed by atoms with Crippen molar-refractivity contribution in [2.24, 2.45) is 0 Å². The number of halogens is 1. The first-order valence-corrected chi connectivity index (χ1v) is 8.13. The monoisotopic (exact) mass is 373 g/mol. The summed E-state index contributed by atoms with van der Waals surface area (Å²) in [6, 6.07) is 16.8. The van der Waals surface area contributed by atoms with E-state index >= 15 is 0 Å². The summed E-state index contributed by atoms with van der Waals surface area (Å²) in [5.41, 5.74) is 7.38. The average Bonchev–Trinajstić information content (AvgIpc) is 2.88. The Bertz CT molecular complexity index is 817. The minimum absolute atomic E-state index is 0.127. The van der Waals surface area contributed by atoms with Gasteiger partial charge in [-0.15, -0.1) is 0 Å². The minimum Gasteiger partial charge on any atom is -0.382 e. The zero-order chi connectivity index (χ0) is 15.5. The van der Waals surface area contributed by atoms with Crippen LogP contribution in [0.25, 0.3) is 0 Å². The smallest absolute Gasteiger partial charge is 0.206 e. The number of carbonyl (C=O) groups is 1. The zero-order valence-corrected chi connectivity index (χ0v) is 13.8. The fraction of sp³-hybridized carbons (Fsp3) is 0. The molecular formula is C16H12BrN3OS. The molecule has 0 bridgehead atoms. The molecule has 3 rings (SSSR count). The Kier molecular flexibility index (Phi) is 4.22. The topological polar surface area (TPSA) is 68.0 Å². The molecule has 2 aromatic carbocycles. The van der Waals surface area contributed by atoms with Crippen molar-refractivity contribution in [3.63, 3.8) is 0 Å². The summed E-state index contributed by atoms with van der Waals surface area (Å²) in [5, 5.41) is 3.75. The van der Waals surface area contributed by atoms with Crippen LogP contribution in [0.2, 0.25) is 0 Å². The molecule has 0 saturated carbocycles. The molecule has 3 N–H and O–H groups in total. The summed E-state index contributed by atoms with van der Waals surface area (Å²) in [5.74, 6) is 0.116. The maximum atomic E-state index is 12.5. The molecule has 0 radical (unpaired) electrons. The van der Waals surface area contributed by atoms with Gasteiger partial charge < -0.3 is 11.1 Å². The van der Waals surface area contributed by atoms with Gasteiger partial charge in [-0.25, -0.2) is 4.98 Å². The van der Waals surface area contributed by atoms with Crippen LogP contribution in [0, 0.1) is 0 Å². The van der Waals surface area contributed by atoms with Crippen molar-refractivity contribution in [1.29, 1.82) is 0 Å². The molecule has 0 spiro atoms. The fourth-order valence-corrected chi connectivity index (χ4v) is 3.22. The van der Waals surface area contributed by atoms with E-state index in [1.807, 2.05) is 42.5 Å². The molecule has 0 aliphatic carbocycles. The molecule has 6 heteroatoms. The quantitative estimate of drug-likeness (QED) is 0.662. The first kappa shape index (κ1) is 14.7. The highest BCUT2D eigenvalue weighted by Crippen LogP contribution is 2.30. The van der Waals surface area contributed by atoms with E-state index in [1.165, 1.54) is 11.3 Å². The molecule has 22 heavy (non-hydrogen) atoms. The van der Waals surface area contributed by atoms with Crippen molar-refractivity contribution < 1.29 is 4.79 Å². The number of ketones is 1. The van der Waals surface area contributed by atoms with E-state index in [0.29, 0.717) is 15.6 Å². The molecule has 0 aliphatic heterocycles. The lowest BCUT2D eigenvalue weighted by atomic mass is 10.1. The standard InChI is InChI=1S/C16H12BrN3OS/c17-11-6-4-5-10(9-11)13(21)14-15(18)20-16(22-14)19-12-7-2-1-3-8-12/h1-9H,18H2,(H,19,20). The van der Waals surface area contributed by atoms with Crippen molar-refractivity contribution in [1.82, 2.24) is 4.98 Å². The highest BCUT2D eigenvalue weighted by atomic mass is 79.9. The zero-order valence-electron chi connectivity index (χ0n) is 11.4. The number of nitrogens with two attached hydrogens (primary N) is 1. The fourth-order valence-electron chi connectivity index (χ4n) is 1.95. The number of anilines is 3. The second-order valence-corrected chi connectivity index (χ2v) is 6.48. The number of nitrogens with one attached hydrogen (secondary N) is 1. The number of thiazole rings is 1. The number of aromatic nitrogens is 1. The lowest BCUT2D eigenvalue weighted by Crippen LogP contribution is -2.02. The lowest BCUT2D eigenvalue weighted by molar-refractivity contribution is 0.104. The van der Waals surface area contributed by atoms with Crippen LogP contribution in [0.4, 0.5) is 16.6 Å². The number of rotatable bonds is 4. The second-order valence-electron chi connectivity index (χ2n) is 4.56. The van der Waals surface area contributed by atoms with Gasteiger partial charge in [0.05, 0.1) is 0 Å². The Morgan fingerprint density at radius 3 is 2.64 bits per heavy atom. The maximum Gasteiger partial charge on any atom is 0.206 e. The number of hydrogen-bond donors (Lipinski definition) is 2. The van der Waals surface area contributed by atoms with Crippen molar-refractivity contribution in [3.05, 3.63) is 69.5 Å². The number of nitrogen functional groups attached to an aromatic ring is 1. The van der Waals surface area contributed by atoms with E-state index in [2.05, 4.69) is 26.2 Å². The van der Waals surface area contributed by atoms with Crippen LogP contribution in [0.1, 0.15) is 15.2 Å². The SMILES string of the molecule is Nc1nc(Nc2ccccc2)sc1C(=O)c1cccc(Br)c1. The van der Waals surface area contributed by atoms with E-state index in [4.69, 9.17) is 5.73 Å². The van der Waals surface area contributed by atoms with Crippen molar-refractivity contribution in [3.8, 4) is 0 Å². The van der Waals surface area contributed by atoms with Gasteiger partial charge in [0, 0.05) is 15.7 Å². The lowest BCUT2D eigenvalue weighted by Gasteiger charge is -2.00. The molecule has 0 atom stereocenters. The summed E-state index contributed by atoms with van der Waals surface area (Å²) in [7, 11) is 0. The van der Waals surface area contributed by atoms with Crippen molar-refractivity contribution in [2.75, 3.05) is 11.1 Å². The van der Waals surface area contributed by atoms with Crippen LogP contribution in [-0.4, -0.2) is 10.8 Å². The van der Waals surface area contributed by atoms with Gasteiger partial charge in [-0.3, -0.25) is 4.79 Å². The second kappa shape index (κ2) is 6.29. The number of benzene rings is 2. The number of nitrogens with zero attached hydrogens (tertiary/aromatic N) is 1. The van der Waals surface area contributed by atoms with Gasteiger partial charge in [-0.05, 0) is 24.3 Å². The molecule has 1 aromatic heterocycles. The Morgan fingerprint density at radius 2 is 1.91 bits per heavy atom. The van der Waals surface area contributed by atoms with Crippen LogP contribution in [-0.2, 0) is 0 Å². The molecular weight excluding hydrogens is 362 g/mol. The van der Waals surface area contributed by atoms with Gasteiger partial charge in [0.15, 0.2) is 5.13 Å². The van der Waals surface area contributed by atoms with Crippen LogP contribution in [0.15, 0.2) is 59.1 Å². The third kappa shape index (κ3) is 3.18. The summed E-state index contributed by atoms with van der Waals surface area (Å²) >= 11 is 4.61. The molecule has 4 nitrogen and oxygen atoms in total. The molecule has 0 unspecified atom stereocenters. The molecule has 0 fully saturated rings. The summed E-state index contributed by atoms with van der Waals surface area (Å²) in [6.45, 7) is 0. The third-order valence-corrected chi connectivity index (χ3v) is 4.45. The van der Waals surface area contributed by atoms with Crippen LogP contribution < -0.4 is 11.1 Å². The maximum absolute atomic E-state index is 12.5. The predicted octanol–water partition coefficient (Wildman–Crippen LogP) is 4.46. The van der Waals surface area contributed by atoms with Gasteiger partial charge in [-0.2, -0.15) is 0 Å². The highest BCUT2D eigenvalue weighted by molar-refractivity contribution is 9.10. The first-order chi connectivity index (χ1) is 10.6. The summed E-state index contributed by atoms with van der Waals surface area (Å²) < 4.78 is 0.851. The molecule has 1 heterocycles. The van der Waals surface area contributed by atoms with Crippen LogP contribution in [0.3, 0.4) is 0 Å². The van der Waals surface area contributed by atoms with Gasteiger partial charge in [0.2, 0.25) is 5.78 Å². The number of para-hydroxylation sites is 1. The van der Waals surface area contributed by atoms with Gasteiger partial charge in [-0.1, -0.05) is 57.6 Å². The van der Waals surface area contributed by atoms with E-state index in [9.17, 15) is 4.79 Å². The Morgan fingerprint density at radius 1 is 1.14 bits per heavy atom. The van der Waals surface area contributed by atoms with Gasteiger partial charge in [0.1, 0.15) is 10.7 Å². The molecule has 0 amide bonds. The summed E-state index contributed by atoms with van der Waals surface area (Å²) in [6.07, 6.45) is 0. The molecule has 0 saturated heterocycles. The van der Waals surface area contributed by atoms with Gasteiger partial charge in [0.25, 0.3) is 0 Å². The molecule has 3 aromatic rings. The van der Waals surface area contributed by atoms with E-state index in [0.717, 1.165) is 10.2 Å². The Labute approximate surface area is 140 Å². The van der Waals surface area contributed by atoms with Crippen molar-refractivity contribution >= 4 is 49.7 Å².